The third-order valence-corrected chi connectivity index (χ3v) is 10.0. The fraction of sp³-hybridized carbons (Fsp3) is 0.650. The van der Waals surface area contributed by atoms with Crippen molar-refractivity contribution in [1.29, 1.82) is 5.26 Å². The standard InChI is InChI=1S/C40H59FN2O3.ClH/c1-4-5-6-7-8-9-10-11-12-13-15-26-40(32-42,35-20-23-37(45-2)38(31-35)46-3)27-16-14-17-28-43-29-24-34(25-30-43)39(44)33-18-21-36(41)22-19-33;/h18-23,31,34H,4-17,24-30H2,1-3H3;1H. The quantitative estimate of drug-likeness (QED) is 0.0869. The van der Waals surface area contributed by atoms with Gasteiger partial charge in [-0.05, 0) is 93.7 Å². The minimum Gasteiger partial charge on any atom is -0.493 e. The van der Waals surface area contributed by atoms with E-state index in [1.807, 2.05) is 12.1 Å². The van der Waals surface area contributed by atoms with E-state index in [1.165, 1.54) is 76.3 Å². The number of nitrogens with zero attached hydrogens (tertiary/aromatic N) is 2. The van der Waals surface area contributed by atoms with Crippen LogP contribution in [0.5, 0.6) is 11.5 Å². The molecule has 1 unspecified atom stereocenters. The molecule has 1 aliphatic heterocycles. The van der Waals surface area contributed by atoms with Gasteiger partial charge in [0.2, 0.25) is 0 Å². The number of methoxy groups -OCH3 is 2. The molecule has 1 fully saturated rings. The lowest BCUT2D eigenvalue weighted by molar-refractivity contribution is 0.0838. The number of rotatable bonds is 23. The third kappa shape index (κ3) is 13.4. The summed E-state index contributed by atoms with van der Waals surface area (Å²) in [6.07, 6.45) is 20.8. The van der Waals surface area contributed by atoms with Gasteiger partial charge in [-0.15, -0.1) is 12.4 Å². The fourth-order valence-corrected chi connectivity index (χ4v) is 7.02. The van der Waals surface area contributed by atoms with Crippen molar-refractivity contribution < 1.29 is 18.7 Å². The summed E-state index contributed by atoms with van der Waals surface area (Å²) in [6, 6.07) is 14.7. The fourth-order valence-electron chi connectivity index (χ4n) is 7.02. The van der Waals surface area contributed by atoms with E-state index in [9.17, 15) is 14.4 Å². The van der Waals surface area contributed by atoms with E-state index in [1.54, 1.807) is 26.4 Å². The number of likely N-dealkylation sites (tertiary alicyclic amines) is 1. The summed E-state index contributed by atoms with van der Waals surface area (Å²) in [4.78, 5) is 15.3. The molecular formula is C40H60ClFN2O3. The Kier molecular flexibility index (Phi) is 19.7. The van der Waals surface area contributed by atoms with Gasteiger partial charge in [-0.1, -0.05) is 96.5 Å². The van der Waals surface area contributed by atoms with Crippen LogP contribution in [-0.2, 0) is 5.41 Å². The maximum atomic E-state index is 13.3. The van der Waals surface area contributed by atoms with Crippen LogP contribution in [0.25, 0.3) is 0 Å². The monoisotopic (exact) mass is 670 g/mol. The molecule has 2 aromatic carbocycles. The highest BCUT2D eigenvalue weighted by Gasteiger charge is 2.32. The van der Waals surface area contributed by atoms with Gasteiger partial charge in [0.15, 0.2) is 17.3 Å². The molecule has 1 atom stereocenters. The summed E-state index contributed by atoms with van der Waals surface area (Å²) in [5.74, 6) is 1.22. The number of unbranched alkanes of at least 4 members (excludes halogenated alkanes) is 12. The molecular weight excluding hydrogens is 611 g/mol. The predicted molar refractivity (Wildman–Crippen MR) is 194 cm³/mol. The first-order valence-electron chi connectivity index (χ1n) is 18.1. The molecule has 1 heterocycles. The van der Waals surface area contributed by atoms with Gasteiger partial charge in [-0.3, -0.25) is 4.79 Å². The molecule has 0 amide bonds. The van der Waals surface area contributed by atoms with Gasteiger partial charge in [-0.25, -0.2) is 4.39 Å². The highest BCUT2D eigenvalue weighted by molar-refractivity contribution is 5.97. The molecule has 0 aromatic heterocycles. The molecule has 262 valence electrons. The van der Waals surface area contributed by atoms with Crippen LogP contribution in [0, 0.1) is 23.1 Å². The van der Waals surface area contributed by atoms with Crippen molar-refractivity contribution in [1.82, 2.24) is 4.90 Å². The van der Waals surface area contributed by atoms with E-state index in [0.717, 1.165) is 76.6 Å². The molecule has 7 heteroatoms. The summed E-state index contributed by atoms with van der Waals surface area (Å²) in [5, 5.41) is 10.6. The summed E-state index contributed by atoms with van der Waals surface area (Å²) < 4.78 is 24.4. The molecule has 1 aliphatic rings. The number of ketones is 1. The molecule has 3 rings (SSSR count). The molecule has 5 nitrogen and oxygen atoms in total. The zero-order valence-electron chi connectivity index (χ0n) is 29.4. The number of carbonyl (C=O) groups excluding carboxylic acids is 1. The molecule has 0 radical (unpaired) electrons. The van der Waals surface area contributed by atoms with Crippen LogP contribution in [0.4, 0.5) is 4.39 Å². The second kappa shape index (κ2) is 22.9. The molecule has 0 bridgehead atoms. The van der Waals surface area contributed by atoms with Gasteiger partial charge >= 0.3 is 0 Å². The number of benzene rings is 2. The number of Topliss-reactive ketones (excluding diaryl/α,β-unsaturated/α-hetero) is 1. The SMILES string of the molecule is CCCCCCCCCCCCCC(C#N)(CCCCCN1CCC(C(=O)c2ccc(F)cc2)CC1)c1ccc(OC)c(OC)c1.Cl. The Morgan fingerprint density at radius 1 is 0.809 bits per heavy atom. The second-order valence-corrected chi connectivity index (χ2v) is 13.3. The number of ether oxygens (including phenoxy) is 2. The minimum absolute atomic E-state index is 0. The number of carbonyl (C=O) groups is 1. The van der Waals surface area contributed by atoms with E-state index in [2.05, 4.69) is 24.0 Å². The predicted octanol–water partition coefficient (Wildman–Crippen LogP) is 10.9. The Labute approximate surface area is 291 Å². The highest BCUT2D eigenvalue weighted by atomic mass is 35.5. The number of hydrogen-bond acceptors (Lipinski definition) is 5. The Morgan fingerprint density at radius 2 is 1.34 bits per heavy atom. The zero-order chi connectivity index (χ0) is 33.0. The molecule has 47 heavy (non-hydrogen) atoms. The number of piperidine rings is 1. The van der Waals surface area contributed by atoms with Gasteiger partial charge in [0.25, 0.3) is 0 Å². The highest BCUT2D eigenvalue weighted by Crippen LogP contribution is 2.39. The number of nitriles is 1. The molecule has 2 aromatic rings. The van der Waals surface area contributed by atoms with Gasteiger partial charge in [0.05, 0.1) is 25.7 Å². The average Bonchev–Trinajstić information content (AvgIpc) is 3.09. The van der Waals surface area contributed by atoms with Crippen molar-refractivity contribution in [2.45, 2.75) is 128 Å². The second-order valence-electron chi connectivity index (χ2n) is 13.3. The first-order chi connectivity index (χ1) is 22.5. The minimum atomic E-state index is -0.530. The third-order valence-electron chi connectivity index (χ3n) is 10.0. The van der Waals surface area contributed by atoms with E-state index < -0.39 is 5.41 Å². The lowest BCUT2D eigenvalue weighted by Crippen LogP contribution is -2.37. The normalized spacial score (nSPS) is 15.0. The van der Waals surface area contributed by atoms with Crippen LogP contribution in [0.15, 0.2) is 42.5 Å². The van der Waals surface area contributed by atoms with Crippen LogP contribution in [0.2, 0.25) is 0 Å². The van der Waals surface area contributed by atoms with Crippen molar-refractivity contribution in [3.63, 3.8) is 0 Å². The van der Waals surface area contributed by atoms with Crippen LogP contribution in [0.3, 0.4) is 0 Å². The van der Waals surface area contributed by atoms with E-state index in [4.69, 9.17) is 9.47 Å². The van der Waals surface area contributed by atoms with E-state index >= 15 is 0 Å². The van der Waals surface area contributed by atoms with Crippen LogP contribution < -0.4 is 9.47 Å². The molecule has 1 saturated heterocycles. The Bertz CT molecular complexity index is 1190. The zero-order valence-corrected chi connectivity index (χ0v) is 30.2. The van der Waals surface area contributed by atoms with Gasteiger partial charge in [-0.2, -0.15) is 5.26 Å². The van der Waals surface area contributed by atoms with Crippen molar-refractivity contribution >= 4 is 18.2 Å². The van der Waals surface area contributed by atoms with Gasteiger partial charge in [0, 0.05) is 11.5 Å². The first kappa shape index (κ1) is 40.6. The number of hydrogen-bond donors (Lipinski definition) is 0. The first-order valence-corrected chi connectivity index (χ1v) is 18.1. The van der Waals surface area contributed by atoms with Crippen LogP contribution in [-0.4, -0.2) is 44.5 Å². The topological polar surface area (TPSA) is 62.6 Å². The van der Waals surface area contributed by atoms with Crippen molar-refractivity contribution in [2.24, 2.45) is 5.92 Å². The van der Waals surface area contributed by atoms with Crippen LogP contribution >= 0.6 is 12.4 Å². The molecule has 0 spiro atoms. The maximum Gasteiger partial charge on any atom is 0.166 e. The molecule has 0 N–H and O–H groups in total. The summed E-state index contributed by atoms with van der Waals surface area (Å²) in [7, 11) is 3.30. The Balaban J connectivity index is 0.00000768. The Hall–Kier alpha value is -2.62. The Morgan fingerprint density at radius 3 is 1.87 bits per heavy atom. The summed E-state index contributed by atoms with van der Waals surface area (Å²) in [6.45, 7) is 5.13. The molecule has 0 saturated carbocycles. The maximum absolute atomic E-state index is 13.3. The van der Waals surface area contributed by atoms with Crippen LogP contribution in [0.1, 0.15) is 138 Å². The van der Waals surface area contributed by atoms with Gasteiger partial charge < -0.3 is 14.4 Å². The van der Waals surface area contributed by atoms with Crippen molar-refractivity contribution in [3.8, 4) is 17.6 Å². The molecule has 0 aliphatic carbocycles. The van der Waals surface area contributed by atoms with E-state index in [-0.39, 0.29) is 29.9 Å². The summed E-state index contributed by atoms with van der Waals surface area (Å²) >= 11 is 0. The van der Waals surface area contributed by atoms with Crippen molar-refractivity contribution in [3.05, 3.63) is 59.4 Å². The smallest absolute Gasteiger partial charge is 0.166 e. The van der Waals surface area contributed by atoms with Crippen molar-refractivity contribution in [2.75, 3.05) is 33.9 Å². The van der Waals surface area contributed by atoms with E-state index in [0.29, 0.717) is 17.1 Å². The summed E-state index contributed by atoms with van der Waals surface area (Å²) in [5.41, 5.74) is 1.12. The largest absolute Gasteiger partial charge is 0.493 e. The average molecular weight is 671 g/mol. The van der Waals surface area contributed by atoms with Gasteiger partial charge in [0.1, 0.15) is 5.82 Å². The lowest BCUT2D eigenvalue weighted by atomic mass is 9.73. The number of halogens is 2. The lowest BCUT2D eigenvalue weighted by Gasteiger charge is -2.31.